The molecule has 0 bridgehead atoms. The zero-order valence-electron chi connectivity index (χ0n) is 14.1. The van der Waals surface area contributed by atoms with Gasteiger partial charge in [0.25, 0.3) is 11.7 Å². The third kappa shape index (κ3) is 2.66. The van der Waals surface area contributed by atoms with Crippen LogP contribution < -0.4 is 0 Å². The summed E-state index contributed by atoms with van der Waals surface area (Å²) in [5.74, 6) is 0.375. The Morgan fingerprint density at radius 1 is 1.32 bits per heavy atom. The average molecular weight is 337 g/mol. The quantitative estimate of drug-likeness (QED) is 0.772. The molecular weight excluding hydrogens is 318 g/mol. The highest BCUT2D eigenvalue weighted by atomic mass is 16.3. The van der Waals surface area contributed by atoms with Gasteiger partial charge in [-0.05, 0) is 23.1 Å². The summed E-state index contributed by atoms with van der Waals surface area (Å²) in [4.78, 5) is 23.1. The van der Waals surface area contributed by atoms with E-state index in [1.165, 1.54) is 6.33 Å². The van der Waals surface area contributed by atoms with E-state index in [2.05, 4.69) is 15.1 Å². The predicted octanol–water partition coefficient (Wildman–Crippen LogP) is 1.94. The maximum atomic E-state index is 13.0. The van der Waals surface area contributed by atoms with E-state index in [1.54, 1.807) is 15.5 Å². The van der Waals surface area contributed by atoms with Crippen molar-refractivity contribution in [2.24, 2.45) is 0 Å². The lowest BCUT2D eigenvalue weighted by molar-refractivity contribution is 0.0544. The molecule has 25 heavy (non-hydrogen) atoms. The minimum atomic E-state index is -0.685. The second-order valence-electron chi connectivity index (χ2n) is 6.59. The largest absolute Gasteiger partial charge is 0.387 e. The monoisotopic (exact) mass is 337 g/mol. The predicted molar refractivity (Wildman–Crippen MR) is 91.0 cm³/mol. The Kier molecular flexibility index (Phi) is 3.73. The minimum Gasteiger partial charge on any atom is -0.387 e. The number of aromatic nitrogens is 4. The lowest BCUT2D eigenvalue weighted by atomic mass is 9.97. The van der Waals surface area contributed by atoms with Crippen LogP contribution in [0.5, 0.6) is 0 Å². The third-order valence-corrected chi connectivity index (χ3v) is 4.55. The summed E-state index contributed by atoms with van der Waals surface area (Å²) in [7, 11) is 0. The normalized spacial score (nSPS) is 17.1. The van der Waals surface area contributed by atoms with Gasteiger partial charge in [0.15, 0.2) is 0 Å². The van der Waals surface area contributed by atoms with Crippen molar-refractivity contribution in [3.05, 3.63) is 59.2 Å². The van der Waals surface area contributed by atoms with Crippen LogP contribution in [0.3, 0.4) is 0 Å². The molecule has 3 heterocycles. The maximum absolute atomic E-state index is 13.0. The number of hydrogen-bond donors (Lipinski definition) is 1. The molecule has 4 rings (SSSR count). The van der Waals surface area contributed by atoms with Gasteiger partial charge in [-0.3, -0.25) is 4.79 Å². The van der Waals surface area contributed by atoms with Crippen molar-refractivity contribution in [2.45, 2.75) is 32.4 Å². The van der Waals surface area contributed by atoms with Gasteiger partial charge in [-0.25, -0.2) is 9.50 Å². The Morgan fingerprint density at radius 3 is 2.92 bits per heavy atom. The average Bonchev–Trinajstić information content (AvgIpc) is 3.08. The Bertz CT molecular complexity index is 950. The molecule has 0 aliphatic carbocycles. The van der Waals surface area contributed by atoms with Crippen molar-refractivity contribution in [3.63, 3.8) is 0 Å². The lowest BCUT2D eigenvalue weighted by Gasteiger charge is -2.32. The number of carbonyl (C=O) groups is 1. The number of amides is 1. The van der Waals surface area contributed by atoms with E-state index >= 15 is 0 Å². The maximum Gasteiger partial charge on any atom is 0.273 e. The number of aliphatic hydroxyl groups excluding tert-OH is 1. The Morgan fingerprint density at radius 2 is 2.12 bits per heavy atom. The molecule has 1 aromatic carbocycles. The number of β-amino-alcohol motifs (C(OH)–C–C–N with tert-alkyl or cyclic N) is 1. The van der Waals surface area contributed by atoms with Gasteiger partial charge in [-0.15, -0.1) is 0 Å². The van der Waals surface area contributed by atoms with Crippen molar-refractivity contribution in [1.29, 1.82) is 0 Å². The molecule has 7 nitrogen and oxygen atoms in total. The van der Waals surface area contributed by atoms with Crippen molar-refractivity contribution in [1.82, 2.24) is 24.5 Å². The molecule has 1 aliphatic heterocycles. The molecule has 3 aromatic rings. The third-order valence-electron chi connectivity index (χ3n) is 4.55. The van der Waals surface area contributed by atoms with Crippen LogP contribution in [0.4, 0.5) is 0 Å². The number of nitrogens with zero attached hydrogens (tertiary/aromatic N) is 5. The zero-order chi connectivity index (χ0) is 17.6. The molecule has 0 saturated heterocycles. The van der Waals surface area contributed by atoms with Gasteiger partial charge in [0.2, 0.25) is 0 Å². The standard InChI is InChI=1S/C18H19N5O2/c1-11(2)15-7-14(21-18-19-10-20-23(15)18)17(25)22-8-12-5-3-4-6-13(12)16(24)9-22/h3-7,10-11,16,24H,8-9H2,1-2H3/t16-/m0/s1. The fourth-order valence-corrected chi connectivity index (χ4v) is 3.25. The zero-order valence-corrected chi connectivity index (χ0v) is 14.1. The van der Waals surface area contributed by atoms with Crippen LogP contribution in [0, 0.1) is 0 Å². The first-order valence-electron chi connectivity index (χ1n) is 8.30. The summed E-state index contributed by atoms with van der Waals surface area (Å²) in [5, 5.41) is 14.5. The molecule has 1 N–H and O–H groups in total. The van der Waals surface area contributed by atoms with Crippen LogP contribution in [0.1, 0.15) is 53.2 Å². The van der Waals surface area contributed by atoms with Crippen LogP contribution in [-0.2, 0) is 6.54 Å². The minimum absolute atomic E-state index is 0.173. The van der Waals surface area contributed by atoms with Gasteiger partial charge in [-0.2, -0.15) is 10.1 Å². The smallest absolute Gasteiger partial charge is 0.273 e. The highest BCUT2D eigenvalue weighted by Crippen LogP contribution is 2.27. The number of rotatable bonds is 2. The van der Waals surface area contributed by atoms with Crippen molar-refractivity contribution in [3.8, 4) is 0 Å². The summed E-state index contributed by atoms with van der Waals surface area (Å²) in [6.07, 6.45) is 0.749. The highest BCUT2D eigenvalue weighted by Gasteiger charge is 2.28. The highest BCUT2D eigenvalue weighted by molar-refractivity contribution is 5.93. The molecule has 0 saturated carbocycles. The number of hydrogen-bond acceptors (Lipinski definition) is 5. The summed E-state index contributed by atoms with van der Waals surface area (Å²) >= 11 is 0. The molecule has 0 spiro atoms. The first kappa shape index (κ1) is 15.7. The van der Waals surface area contributed by atoms with Crippen LogP contribution >= 0.6 is 0 Å². The summed E-state index contributed by atoms with van der Waals surface area (Å²) in [6, 6.07) is 9.42. The molecule has 1 aliphatic rings. The van der Waals surface area contributed by atoms with E-state index in [4.69, 9.17) is 0 Å². The van der Waals surface area contributed by atoms with Gasteiger partial charge in [0, 0.05) is 6.54 Å². The van der Waals surface area contributed by atoms with Gasteiger partial charge in [0.05, 0.1) is 18.3 Å². The van der Waals surface area contributed by atoms with Crippen LogP contribution in [-0.4, -0.2) is 42.0 Å². The van der Waals surface area contributed by atoms with E-state index in [0.717, 1.165) is 16.8 Å². The van der Waals surface area contributed by atoms with Gasteiger partial charge < -0.3 is 10.0 Å². The number of fused-ring (bicyclic) bond motifs is 2. The molecule has 1 amide bonds. The Labute approximate surface area is 144 Å². The van der Waals surface area contributed by atoms with Gasteiger partial charge in [-0.1, -0.05) is 38.1 Å². The van der Waals surface area contributed by atoms with Crippen LogP contribution in [0.2, 0.25) is 0 Å². The molecule has 1 atom stereocenters. The van der Waals surface area contributed by atoms with E-state index in [9.17, 15) is 9.90 Å². The molecule has 2 aromatic heterocycles. The van der Waals surface area contributed by atoms with E-state index in [0.29, 0.717) is 18.0 Å². The topological polar surface area (TPSA) is 83.6 Å². The molecular formula is C18H19N5O2. The van der Waals surface area contributed by atoms with Gasteiger partial charge >= 0.3 is 0 Å². The molecule has 0 unspecified atom stereocenters. The van der Waals surface area contributed by atoms with Crippen molar-refractivity contribution in [2.75, 3.05) is 6.54 Å². The Hall–Kier alpha value is -2.80. The number of benzene rings is 1. The molecule has 7 heteroatoms. The molecule has 0 fully saturated rings. The van der Waals surface area contributed by atoms with Crippen LogP contribution in [0.25, 0.3) is 5.78 Å². The van der Waals surface area contributed by atoms with E-state index < -0.39 is 6.10 Å². The van der Waals surface area contributed by atoms with Crippen LogP contribution in [0.15, 0.2) is 36.7 Å². The van der Waals surface area contributed by atoms with E-state index in [1.807, 2.05) is 38.1 Å². The van der Waals surface area contributed by atoms with E-state index in [-0.39, 0.29) is 18.4 Å². The molecule has 128 valence electrons. The fraction of sp³-hybridized carbons (Fsp3) is 0.333. The summed E-state index contributed by atoms with van der Waals surface area (Å²) in [5.41, 5.74) is 3.05. The first-order chi connectivity index (χ1) is 12.0. The Balaban J connectivity index is 1.71. The summed E-state index contributed by atoms with van der Waals surface area (Å²) in [6.45, 7) is 4.78. The number of carbonyl (C=O) groups excluding carboxylic acids is 1. The second-order valence-corrected chi connectivity index (χ2v) is 6.59. The number of aliphatic hydroxyl groups is 1. The van der Waals surface area contributed by atoms with Crippen molar-refractivity contribution >= 4 is 11.7 Å². The lowest BCUT2D eigenvalue weighted by Crippen LogP contribution is -2.38. The second kappa shape index (κ2) is 5.93. The first-order valence-corrected chi connectivity index (χ1v) is 8.30. The fourth-order valence-electron chi connectivity index (χ4n) is 3.25. The van der Waals surface area contributed by atoms with Crippen molar-refractivity contribution < 1.29 is 9.90 Å². The SMILES string of the molecule is CC(C)c1cc(C(=O)N2Cc3ccccc3[C@@H](O)C2)nc2ncnn12. The summed E-state index contributed by atoms with van der Waals surface area (Å²) < 4.78 is 1.65. The molecule has 0 radical (unpaired) electrons. The van der Waals surface area contributed by atoms with Gasteiger partial charge in [0.1, 0.15) is 12.0 Å².